The molecule has 7 heteroatoms. The van der Waals surface area contributed by atoms with E-state index in [1.54, 1.807) is 18.2 Å². The zero-order valence-corrected chi connectivity index (χ0v) is 22.5. The van der Waals surface area contributed by atoms with Gasteiger partial charge in [-0.15, -0.1) is 0 Å². The summed E-state index contributed by atoms with van der Waals surface area (Å²) in [4.78, 5) is 30.2. The monoisotopic (exact) mass is 539 g/mol. The lowest BCUT2D eigenvalue weighted by Crippen LogP contribution is -2.49. The molecule has 0 unspecified atom stereocenters. The molecule has 5 rings (SSSR count). The van der Waals surface area contributed by atoms with Crippen molar-refractivity contribution in [1.82, 2.24) is 4.90 Å². The van der Waals surface area contributed by atoms with Gasteiger partial charge in [0.1, 0.15) is 12.4 Å². The number of hydrogen-bond acceptors (Lipinski definition) is 4. The number of carbonyl (C=O) groups excluding carboxylic acids is 2. The molecule has 1 aliphatic heterocycles. The summed E-state index contributed by atoms with van der Waals surface area (Å²) >= 11 is 6.63. The topological polar surface area (TPSA) is 61.9 Å². The van der Waals surface area contributed by atoms with Crippen molar-refractivity contribution in [3.63, 3.8) is 0 Å². The first-order valence-electron chi connectivity index (χ1n) is 13.0. The summed E-state index contributed by atoms with van der Waals surface area (Å²) in [7, 11) is 0. The Kier molecular flexibility index (Phi) is 8.13. The highest BCUT2D eigenvalue weighted by Gasteiger charge is 2.25. The average Bonchev–Trinajstić information content (AvgIpc) is 2.97. The summed E-state index contributed by atoms with van der Waals surface area (Å²) in [6.07, 6.45) is 0. The number of nitrogens with zero attached hydrogens (tertiary/aromatic N) is 2. The number of benzene rings is 4. The van der Waals surface area contributed by atoms with Gasteiger partial charge in [0.2, 0.25) is 0 Å². The molecular formula is C32H30ClN3O3. The Morgan fingerprint density at radius 2 is 1.54 bits per heavy atom. The second kappa shape index (κ2) is 12.0. The standard InChI is InChI=1S/C32H30ClN3O3/c1-23-13-15-25(16-14-23)32(38)36-19-17-35(18-20-36)30-28(33)11-6-12-29(30)34-31(37)26-9-5-10-27(21-26)39-22-24-7-3-2-4-8-24/h2-16,21H,17-20,22H2,1H3,(H,34,37). The smallest absolute Gasteiger partial charge is 0.255 e. The molecule has 198 valence electrons. The van der Waals surface area contributed by atoms with Crippen LogP contribution in [0.4, 0.5) is 11.4 Å². The number of hydrogen-bond donors (Lipinski definition) is 1. The molecule has 1 N–H and O–H groups in total. The molecule has 39 heavy (non-hydrogen) atoms. The molecule has 1 aliphatic rings. The van der Waals surface area contributed by atoms with E-state index in [9.17, 15) is 9.59 Å². The summed E-state index contributed by atoms with van der Waals surface area (Å²) in [5.41, 5.74) is 4.73. The minimum absolute atomic E-state index is 0.0247. The number of rotatable bonds is 7. The molecule has 0 aliphatic carbocycles. The normalized spacial score (nSPS) is 13.2. The Balaban J connectivity index is 1.25. The van der Waals surface area contributed by atoms with Crippen molar-refractivity contribution in [3.8, 4) is 5.75 Å². The minimum Gasteiger partial charge on any atom is -0.489 e. The quantitative estimate of drug-likeness (QED) is 0.293. The zero-order valence-electron chi connectivity index (χ0n) is 21.8. The molecular weight excluding hydrogens is 510 g/mol. The number of halogens is 1. The molecule has 0 radical (unpaired) electrons. The highest BCUT2D eigenvalue weighted by Crippen LogP contribution is 2.35. The van der Waals surface area contributed by atoms with Crippen LogP contribution in [0.2, 0.25) is 5.02 Å². The van der Waals surface area contributed by atoms with Gasteiger partial charge in [-0.05, 0) is 55.0 Å². The van der Waals surface area contributed by atoms with Crippen LogP contribution in [0.25, 0.3) is 0 Å². The molecule has 0 aromatic heterocycles. The first-order chi connectivity index (χ1) is 19.0. The third kappa shape index (κ3) is 6.41. The molecule has 2 amide bonds. The van der Waals surface area contributed by atoms with E-state index >= 15 is 0 Å². The van der Waals surface area contributed by atoms with Gasteiger partial charge in [-0.3, -0.25) is 9.59 Å². The number of piperazine rings is 1. The van der Waals surface area contributed by atoms with Crippen LogP contribution < -0.4 is 15.0 Å². The van der Waals surface area contributed by atoms with Crippen molar-refractivity contribution in [2.75, 3.05) is 36.4 Å². The molecule has 0 saturated carbocycles. The Morgan fingerprint density at radius 1 is 0.821 bits per heavy atom. The van der Waals surface area contributed by atoms with Crippen molar-refractivity contribution in [3.05, 3.63) is 124 Å². The van der Waals surface area contributed by atoms with Crippen molar-refractivity contribution in [2.24, 2.45) is 0 Å². The van der Waals surface area contributed by atoms with E-state index in [0.29, 0.717) is 60.4 Å². The molecule has 4 aromatic carbocycles. The SMILES string of the molecule is Cc1ccc(C(=O)N2CCN(c3c(Cl)cccc3NC(=O)c3cccc(OCc4ccccc4)c3)CC2)cc1. The van der Waals surface area contributed by atoms with E-state index in [1.807, 2.05) is 90.7 Å². The fourth-order valence-corrected chi connectivity index (χ4v) is 4.91. The lowest BCUT2D eigenvalue weighted by atomic mass is 10.1. The van der Waals surface area contributed by atoms with Gasteiger partial charge in [-0.1, -0.05) is 71.8 Å². The summed E-state index contributed by atoms with van der Waals surface area (Å²) in [5.74, 6) is 0.390. The van der Waals surface area contributed by atoms with Gasteiger partial charge in [-0.25, -0.2) is 0 Å². The number of para-hydroxylation sites is 1. The number of carbonyl (C=O) groups is 2. The van der Waals surface area contributed by atoms with E-state index in [2.05, 4.69) is 10.2 Å². The fraction of sp³-hybridized carbons (Fsp3) is 0.188. The van der Waals surface area contributed by atoms with Crippen LogP contribution in [-0.4, -0.2) is 42.9 Å². The number of ether oxygens (including phenoxy) is 1. The molecule has 1 heterocycles. The second-order valence-corrected chi connectivity index (χ2v) is 9.94. The number of nitrogens with one attached hydrogen (secondary N) is 1. The maximum absolute atomic E-state index is 13.2. The summed E-state index contributed by atoms with van der Waals surface area (Å²) in [6.45, 7) is 4.75. The third-order valence-electron chi connectivity index (χ3n) is 6.76. The van der Waals surface area contributed by atoms with Gasteiger partial charge < -0.3 is 19.9 Å². The van der Waals surface area contributed by atoms with Crippen molar-refractivity contribution < 1.29 is 14.3 Å². The molecule has 0 spiro atoms. The van der Waals surface area contributed by atoms with Crippen molar-refractivity contribution in [1.29, 1.82) is 0 Å². The average molecular weight is 540 g/mol. The largest absolute Gasteiger partial charge is 0.489 e. The van der Waals surface area contributed by atoms with Crippen LogP contribution in [-0.2, 0) is 6.61 Å². The Bertz CT molecular complexity index is 1450. The number of anilines is 2. The van der Waals surface area contributed by atoms with Crippen LogP contribution >= 0.6 is 11.6 Å². The van der Waals surface area contributed by atoms with Crippen LogP contribution in [0.3, 0.4) is 0 Å². The third-order valence-corrected chi connectivity index (χ3v) is 7.07. The minimum atomic E-state index is -0.253. The Morgan fingerprint density at radius 3 is 2.28 bits per heavy atom. The van der Waals surface area contributed by atoms with Crippen LogP contribution in [0, 0.1) is 6.92 Å². The van der Waals surface area contributed by atoms with Crippen LogP contribution in [0.15, 0.2) is 97.1 Å². The van der Waals surface area contributed by atoms with Gasteiger partial charge in [0, 0.05) is 37.3 Å². The molecule has 1 saturated heterocycles. The van der Waals surface area contributed by atoms with Gasteiger partial charge in [0.05, 0.1) is 16.4 Å². The van der Waals surface area contributed by atoms with E-state index in [1.165, 1.54) is 0 Å². The first kappa shape index (κ1) is 26.3. The number of amides is 2. The first-order valence-corrected chi connectivity index (χ1v) is 13.3. The van der Waals surface area contributed by atoms with Crippen LogP contribution in [0.1, 0.15) is 31.8 Å². The molecule has 4 aromatic rings. The molecule has 0 atom stereocenters. The van der Waals surface area contributed by atoms with E-state index < -0.39 is 0 Å². The molecule has 1 fully saturated rings. The lowest BCUT2D eigenvalue weighted by molar-refractivity contribution is 0.0746. The predicted molar refractivity (Wildman–Crippen MR) is 156 cm³/mol. The Labute approximate surface area is 233 Å². The van der Waals surface area contributed by atoms with Gasteiger partial charge in [0.15, 0.2) is 0 Å². The Hall–Kier alpha value is -4.29. The highest BCUT2D eigenvalue weighted by atomic mass is 35.5. The fourth-order valence-electron chi connectivity index (χ4n) is 4.61. The number of aryl methyl sites for hydroxylation is 1. The van der Waals surface area contributed by atoms with Crippen molar-refractivity contribution in [2.45, 2.75) is 13.5 Å². The zero-order chi connectivity index (χ0) is 27.2. The highest BCUT2D eigenvalue weighted by molar-refractivity contribution is 6.34. The predicted octanol–water partition coefficient (Wildman–Crippen LogP) is 6.44. The van der Waals surface area contributed by atoms with Crippen molar-refractivity contribution >= 4 is 34.8 Å². The van der Waals surface area contributed by atoms with Crippen LogP contribution in [0.5, 0.6) is 5.75 Å². The second-order valence-electron chi connectivity index (χ2n) is 9.54. The maximum atomic E-state index is 13.2. The van der Waals surface area contributed by atoms with Gasteiger partial charge >= 0.3 is 0 Å². The van der Waals surface area contributed by atoms with E-state index in [4.69, 9.17) is 16.3 Å². The maximum Gasteiger partial charge on any atom is 0.255 e. The lowest BCUT2D eigenvalue weighted by Gasteiger charge is -2.37. The molecule has 6 nitrogen and oxygen atoms in total. The van der Waals surface area contributed by atoms with Gasteiger partial charge in [0.25, 0.3) is 11.8 Å². The summed E-state index contributed by atoms with van der Waals surface area (Å²) < 4.78 is 5.90. The summed E-state index contributed by atoms with van der Waals surface area (Å²) in [5, 5.41) is 3.58. The van der Waals surface area contributed by atoms with E-state index in [0.717, 1.165) is 16.8 Å². The molecule has 0 bridgehead atoms. The van der Waals surface area contributed by atoms with E-state index in [-0.39, 0.29) is 11.8 Å². The van der Waals surface area contributed by atoms with Gasteiger partial charge in [-0.2, -0.15) is 0 Å². The summed E-state index contributed by atoms with van der Waals surface area (Å²) in [6, 6.07) is 30.1.